The summed E-state index contributed by atoms with van der Waals surface area (Å²) in [6.45, 7) is 0.108. The number of hydrogen-bond donors (Lipinski definition) is 1. The molecule has 1 aromatic heterocycles. The molecule has 0 aliphatic heterocycles. The summed E-state index contributed by atoms with van der Waals surface area (Å²) >= 11 is 0. The Morgan fingerprint density at radius 3 is 2.60 bits per heavy atom. The highest BCUT2D eigenvalue weighted by Gasteiger charge is 1.98. The highest BCUT2D eigenvalue weighted by Crippen LogP contribution is 1.87. The van der Waals surface area contributed by atoms with Gasteiger partial charge >= 0.3 is 0 Å². The molecule has 1 heterocycles. The summed E-state index contributed by atoms with van der Waals surface area (Å²) in [4.78, 5) is 0. The van der Waals surface area contributed by atoms with Crippen molar-refractivity contribution in [3.8, 4) is 0 Å². The van der Waals surface area contributed by atoms with Gasteiger partial charge in [-0.25, -0.2) is 4.57 Å². The topological polar surface area (TPSA) is 24.1 Å². The molecule has 0 bridgehead atoms. The van der Waals surface area contributed by atoms with Crippen molar-refractivity contribution in [3.05, 3.63) is 30.1 Å². The summed E-state index contributed by atoms with van der Waals surface area (Å²) in [5, 5.41) is 8.70. The molecule has 10 heavy (non-hydrogen) atoms. The van der Waals surface area contributed by atoms with Crippen LogP contribution in [-0.2, 0) is 13.7 Å². The molecule has 2 nitrogen and oxygen atoms in total. The lowest BCUT2D eigenvalue weighted by atomic mass is 10.3. The summed E-state index contributed by atoms with van der Waals surface area (Å²) in [7, 11) is 1.91. The molecule has 1 rings (SSSR count). The quantitative estimate of drug-likeness (QED) is 0.484. The van der Waals surface area contributed by atoms with Gasteiger partial charge in [-0.15, -0.1) is 0 Å². The third kappa shape index (κ3) is 2.08. The zero-order valence-corrected chi connectivity index (χ0v) is 7.37. The van der Waals surface area contributed by atoms with E-state index in [1.165, 1.54) is 0 Å². The van der Waals surface area contributed by atoms with Gasteiger partial charge in [-0.05, 0) is 0 Å². The molecule has 0 saturated heterocycles. The Balaban J connectivity index is 0.000000810. The first-order chi connectivity index (χ1) is 4.34. The molecule has 0 aliphatic carbocycles. The number of halogens is 1. The highest BCUT2D eigenvalue weighted by molar-refractivity contribution is 4.95. The Kier molecular flexibility index (Phi) is 4.23. The Hall–Kier alpha value is -0.410. The third-order valence-corrected chi connectivity index (χ3v) is 1.32. The van der Waals surface area contributed by atoms with Crippen LogP contribution in [-0.4, -0.2) is 5.11 Å². The van der Waals surface area contributed by atoms with Gasteiger partial charge in [0.25, 0.3) is 0 Å². The van der Waals surface area contributed by atoms with Gasteiger partial charge < -0.3 is 22.1 Å². The Morgan fingerprint density at radius 1 is 1.50 bits per heavy atom. The van der Waals surface area contributed by atoms with Crippen LogP contribution in [0.25, 0.3) is 0 Å². The van der Waals surface area contributed by atoms with E-state index < -0.39 is 0 Å². The lowest BCUT2D eigenvalue weighted by molar-refractivity contribution is -0.681. The predicted molar refractivity (Wildman–Crippen MR) is 33.5 cm³/mol. The molecule has 0 saturated carbocycles. The van der Waals surface area contributed by atoms with E-state index in [0.717, 1.165) is 5.69 Å². The second-order valence-corrected chi connectivity index (χ2v) is 1.96. The van der Waals surface area contributed by atoms with Crippen molar-refractivity contribution in [2.45, 2.75) is 6.61 Å². The molecule has 0 fully saturated rings. The van der Waals surface area contributed by atoms with Gasteiger partial charge in [0.1, 0.15) is 13.7 Å². The largest absolute Gasteiger partial charge is 1.00 e. The van der Waals surface area contributed by atoms with Gasteiger partial charge in [-0.2, -0.15) is 0 Å². The third-order valence-electron chi connectivity index (χ3n) is 1.32. The van der Waals surface area contributed by atoms with E-state index in [9.17, 15) is 0 Å². The van der Waals surface area contributed by atoms with Crippen molar-refractivity contribution in [2.24, 2.45) is 7.05 Å². The average molecular weight is 204 g/mol. The van der Waals surface area contributed by atoms with Crippen molar-refractivity contribution in [1.82, 2.24) is 0 Å². The summed E-state index contributed by atoms with van der Waals surface area (Å²) in [5.41, 5.74) is 0.928. The van der Waals surface area contributed by atoms with Gasteiger partial charge in [-0.3, -0.25) is 0 Å². The summed E-state index contributed by atoms with van der Waals surface area (Å²) < 4.78 is 1.89. The molecule has 1 N–H and O–H groups in total. The number of aliphatic hydroxyl groups is 1. The van der Waals surface area contributed by atoms with Crippen LogP contribution in [0.2, 0.25) is 0 Å². The second-order valence-electron chi connectivity index (χ2n) is 1.96. The lowest BCUT2D eigenvalue weighted by Crippen LogP contribution is -3.00. The number of aryl methyl sites for hydroxylation is 1. The lowest BCUT2D eigenvalue weighted by Gasteiger charge is -1.91. The van der Waals surface area contributed by atoms with Gasteiger partial charge in [0.2, 0.25) is 5.69 Å². The molecule has 0 aromatic carbocycles. The van der Waals surface area contributed by atoms with Crippen molar-refractivity contribution >= 4 is 0 Å². The van der Waals surface area contributed by atoms with Crippen LogP contribution < -0.4 is 21.5 Å². The van der Waals surface area contributed by atoms with Gasteiger partial charge in [0.15, 0.2) is 6.20 Å². The first-order valence-electron chi connectivity index (χ1n) is 2.89. The molecular weight excluding hydrogens is 194 g/mol. The van der Waals surface area contributed by atoms with E-state index in [0.29, 0.717) is 0 Å². The van der Waals surface area contributed by atoms with E-state index >= 15 is 0 Å². The highest BCUT2D eigenvalue weighted by atomic mass is 79.9. The maximum absolute atomic E-state index is 8.70. The number of aliphatic hydroxyl groups excluding tert-OH is 1. The summed E-state index contributed by atoms with van der Waals surface area (Å²) in [6, 6.07) is 5.73. The van der Waals surface area contributed by atoms with E-state index in [1.807, 2.05) is 36.0 Å². The fraction of sp³-hybridized carbons (Fsp3) is 0.286. The van der Waals surface area contributed by atoms with Crippen molar-refractivity contribution in [2.75, 3.05) is 0 Å². The minimum Gasteiger partial charge on any atom is -1.00 e. The zero-order chi connectivity index (χ0) is 6.69. The van der Waals surface area contributed by atoms with Crippen LogP contribution >= 0.6 is 0 Å². The van der Waals surface area contributed by atoms with Crippen LogP contribution in [0, 0.1) is 0 Å². The maximum Gasteiger partial charge on any atom is 0.206 e. The van der Waals surface area contributed by atoms with E-state index in [-0.39, 0.29) is 23.6 Å². The van der Waals surface area contributed by atoms with Gasteiger partial charge in [-0.1, -0.05) is 6.07 Å². The predicted octanol–water partition coefficient (Wildman–Crippen LogP) is -2.99. The first-order valence-corrected chi connectivity index (χ1v) is 2.89. The SMILES string of the molecule is C[n+]1ccccc1CO.[Br-]. The monoisotopic (exact) mass is 203 g/mol. The molecule has 0 spiro atoms. The number of nitrogens with zero attached hydrogens (tertiary/aromatic N) is 1. The van der Waals surface area contributed by atoms with Crippen LogP contribution in [0.1, 0.15) is 5.69 Å². The minimum atomic E-state index is 0. The fourth-order valence-electron chi connectivity index (χ4n) is 0.723. The van der Waals surface area contributed by atoms with Gasteiger partial charge in [0, 0.05) is 12.1 Å². The first kappa shape index (κ1) is 9.59. The Labute approximate surface area is 70.9 Å². The molecule has 1 aromatic rings. The maximum atomic E-state index is 8.70. The van der Waals surface area contributed by atoms with Crippen LogP contribution in [0.3, 0.4) is 0 Å². The molecule has 3 heteroatoms. The van der Waals surface area contributed by atoms with Crippen LogP contribution in [0.5, 0.6) is 0 Å². The van der Waals surface area contributed by atoms with Gasteiger partial charge in [0.05, 0.1) is 0 Å². The zero-order valence-electron chi connectivity index (χ0n) is 5.79. The summed E-state index contributed by atoms with van der Waals surface area (Å²) in [5.74, 6) is 0. The summed E-state index contributed by atoms with van der Waals surface area (Å²) in [6.07, 6.45) is 1.91. The minimum absolute atomic E-state index is 0. The second kappa shape index (κ2) is 4.41. The number of aromatic nitrogens is 1. The molecule has 56 valence electrons. The molecule has 0 unspecified atom stereocenters. The number of pyridine rings is 1. The fourth-order valence-corrected chi connectivity index (χ4v) is 0.723. The molecule has 0 radical (unpaired) electrons. The Morgan fingerprint density at radius 2 is 2.20 bits per heavy atom. The molecular formula is C7H10BrNO. The van der Waals surface area contributed by atoms with E-state index in [2.05, 4.69) is 0 Å². The van der Waals surface area contributed by atoms with E-state index in [1.54, 1.807) is 0 Å². The van der Waals surface area contributed by atoms with E-state index in [4.69, 9.17) is 5.11 Å². The standard InChI is InChI=1S/C7H10NO.BrH/c1-8-5-3-2-4-7(8)6-9;/h2-5,9H,6H2,1H3;1H/q+1;/p-1. The average Bonchev–Trinajstić information content (AvgIpc) is 1.89. The van der Waals surface area contributed by atoms with Crippen LogP contribution in [0.15, 0.2) is 24.4 Å². The molecule has 0 amide bonds. The smallest absolute Gasteiger partial charge is 0.206 e. The normalized spacial score (nSPS) is 8.60. The number of hydrogen-bond acceptors (Lipinski definition) is 1. The number of rotatable bonds is 1. The van der Waals surface area contributed by atoms with Crippen molar-refractivity contribution < 1.29 is 26.7 Å². The van der Waals surface area contributed by atoms with Crippen molar-refractivity contribution in [3.63, 3.8) is 0 Å². The molecule has 0 aliphatic rings. The van der Waals surface area contributed by atoms with Crippen molar-refractivity contribution in [1.29, 1.82) is 0 Å². The molecule has 0 atom stereocenters. The Bertz CT molecular complexity index is 203. The van der Waals surface area contributed by atoms with Crippen LogP contribution in [0.4, 0.5) is 0 Å².